The molecule has 20 heavy (non-hydrogen) atoms. The van der Waals surface area contributed by atoms with Crippen LogP contribution in [0.4, 0.5) is 0 Å². The van der Waals surface area contributed by atoms with Gasteiger partial charge in [-0.05, 0) is 24.1 Å². The standard InChI is InChI=1S/C14H15N3O2S/c1-17-10-11(9-16-17)6-7-15-14(19)13-5-4-12(20-13)3-2-8-18/h4-5,9-10,18H,6-8H2,1H3,(H,15,19). The fourth-order valence-electron chi connectivity index (χ4n) is 1.66. The molecule has 0 fully saturated rings. The Morgan fingerprint density at radius 3 is 3.10 bits per heavy atom. The molecule has 0 unspecified atom stereocenters. The van der Waals surface area contributed by atoms with Crippen molar-refractivity contribution in [3.63, 3.8) is 0 Å². The number of aliphatic hydroxyl groups excluding tert-OH is 1. The van der Waals surface area contributed by atoms with Gasteiger partial charge in [-0.15, -0.1) is 11.3 Å². The van der Waals surface area contributed by atoms with Crippen molar-refractivity contribution >= 4 is 17.2 Å². The summed E-state index contributed by atoms with van der Waals surface area (Å²) in [5.41, 5.74) is 1.09. The van der Waals surface area contributed by atoms with Gasteiger partial charge in [-0.2, -0.15) is 5.10 Å². The summed E-state index contributed by atoms with van der Waals surface area (Å²) < 4.78 is 1.74. The quantitative estimate of drug-likeness (QED) is 0.818. The van der Waals surface area contributed by atoms with Crippen molar-refractivity contribution in [3.8, 4) is 11.8 Å². The molecule has 0 atom stereocenters. The van der Waals surface area contributed by atoms with Crippen LogP contribution in [0.3, 0.4) is 0 Å². The second-order valence-electron chi connectivity index (χ2n) is 4.15. The third-order valence-electron chi connectivity index (χ3n) is 2.58. The summed E-state index contributed by atoms with van der Waals surface area (Å²) in [4.78, 5) is 13.3. The second-order valence-corrected chi connectivity index (χ2v) is 5.24. The normalized spacial score (nSPS) is 9.90. The van der Waals surface area contributed by atoms with Crippen LogP contribution in [-0.4, -0.2) is 33.9 Å². The minimum absolute atomic E-state index is 0.101. The first-order valence-electron chi connectivity index (χ1n) is 6.14. The zero-order valence-corrected chi connectivity index (χ0v) is 11.9. The third kappa shape index (κ3) is 3.95. The number of rotatable bonds is 4. The summed E-state index contributed by atoms with van der Waals surface area (Å²) in [6.45, 7) is 0.393. The van der Waals surface area contributed by atoms with Gasteiger partial charge in [0.2, 0.25) is 0 Å². The molecule has 104 valence electrons. The molecule has 0 spiro atoms. The molecular weight excluding hydrogens is 274 g/mol. The van der Waals surface area contributed by atoms with Crippen LogP contribution in [-0.2, 0) is 13.5 Å². The van der Waals surface area contributed by atoms with Gasteiger partial charge in [-0.3, -0.25) is 9.48 Å². The van der Waals surface area contributed by atoms with E-state index in [-0.39, 0.29) is 12.5 Å². The Bertz CT molecular complexity index is 649. The van der Waals surface area contributed by atoms with E-state index < -0.39 is 0 Å². The Labute approximate surface area is 121 Å². The number of carbonyl (C=O) groups is 1. The molecule has 5 nitrogen and oxygen atoms in total. The molecule has 0 saturated carbocycles. The van der Waals surface area contributed by atoms with Crippen molar-refractivity contribution in [2.24, 2.45) is 7.05 Å². The summed E-state index contributed by atoms with van der Waals surface area (Å²) in [5.74, 6) is 5.24. The number of nitrogens with one attached hydrogen (secondary N) is 1. The predicted molar refractivity (Wildman–Crippen MR) is 77.5 cm³/mol. The lowest BCUT2D eigenvalue weighted by Gasteiger charge is -2.01. The van der Waals surface area contributed by atoms with Crippen LogP contribution in [0.15, 0.2) is 24.5 Å². The monoisotopic (exact) mass is 289 g/mol. The predicted octanol–water partition coefficient (Wildman–Crippen LogP) is 0.798. The number of amides is 1. The molecule has 0 radical (unpaired) electrons. The van der Waals surface area contributed by atoms with Gasteiger partial charge in [-0.1, -0.05) is 11.8 Å². The largest absolute Gasteiger partial charge is 0.384 e. The lowest BCUT2D eigenvalue weighted by molar-refractivity contribution is 0.0958. The van der Waals surface area contributed by atoms with E-state index in [4.69, 9.17) is 5.11 Å². The van der Waals surface area contributed by atoms with Gasteiger partial charge in [0.1, 0.15) is 6.61 Å². The molecule has 2 aromatic heterocycles. The first-order chi connectivity index (χ1) is 9.69. The molecule has 0 aliphatic heterocycles. The van der Waals surface area contributed by atoms with E-state index >= 15 is 0 Å². The fourth-order valence-corrected chi connectivity index (χ4v) is 2.46. The van der Waals surface area contributed by atoms with Crippen LogP contribution < -0.4 is 5.32 Å². The maximum atomic E-state index is 11.9. The third-order valence-corrected chi connectivity index (χ3v) is 3.58. The number of carbonyl (C=O) groups excluding carboxylic acids is 1. The molecule has 1 amide bonds. The van der Waals surface area contributed by atoms with Gasteiger partial charge in [0.15, 0.2) is 0 Å². The fraction of sp³-hybridized carbons (Fsp3) is 0.286. The molecule has 0 aromatic carbocycles. The zero-order valence-electron chi connectivity index (χ0n) is 11.1. The minimum atomic E-state index is -0.176. The summed E-state index contributed by atoms with van der Waals surface area (Å²) in [5, 5.41) is 15.6. The van der Waals surface area contributed by atoms with Crippen molar-refractivity contribution in [1.29, 1.82) is 0 Å². The van der Waals surface area contributed by atoms with E-state index in [0.717, 1.165) is 16.9 Å². The van der Waals surface area contributed by atoms with Gasteiger partial charge in [0.25, 0.3) is 5.91 Å². The molecule has 0 aliphatic carbocycles. The Morgan fingerprint density at radius 2 is 2.40 bits per heavy atom. The number of aromatic nitrogens is 2. The number of aryl methyl sites for hydroxylation is 1. The molecule has 2 heterocycles. The van der Waals surface area contributed by atoms with Crippen molar-refractivity contribution < 1.29 is 9.90 Å². The number of hydrogen-bond acceptors (Lipinski definition) is 4. The molecule has 0 saturated heterocycles. The van der Waals surface area contributed by atoms with E-state index in [0.29, 0.717) is 11.4 Å². The average molecular weight is 289 g/mol. The topological polar surface area (TPSA) is 67.2 Å². The van der Waals surface area contributed by atoms with Gasteiger partial charge < -0.3 is 10.4 Å². The SMILES string of the molecule is Cn1cc(CCNC(=O)c2ccc(C#CCO)s2)cn1. The number of aliphatic hydroxyl groups is 1. The van der Waals surface area contributed by atoms with Crippen LogP contribution in [0.5, 0.6) is 0 Å². The number of hydrogen-bond donors (Lipinski definition) is 2. The van der Waals surface area contributed by atoms with Gasteiger partial charge in [0, 0.05) is 19.8 Å². The average Bonchev–Trinajstić information content (AvgIpc) is 3.05. The van der Waals surface area contributed by atoms with E-state index in [1.165, 1.54) is 11.3 Å². The number of nitrogens with zero attached hydrogens (tertiary/aromatic N) is 2. The Hall–Kier alpha value is -2.10. The minimum Gasteiger partial charge on any atom is -0.384 e. The molecule has 2 N–H and O–H groups in total. The lowest BCUT2D eigenvalue weighted by atomic mass is 10.2. The maximum Gasteiger partial charge on any atom is 0.261 e. The van der Waals surface area contributed by atoms with E-state index in [9.17, 15) is 4.79 Å². The van der Waals surface area contributed by atoms with Crippen molar-refractivity contribution in [2.75, 3.05) is 13.2 Å². The van der Waals surface area contributed by atoms with E-state index in [2.05, 4.69) is 22.3 Å². The first kappa shape index (κ1) is 14.3. The molecule has 0 aliphatic rings. The molecule has 6 heteroatoms. The summed E-state index contributed by atoms with van der Waals surface area (Å²) in [6, 6.07) is 3.52. The highest BCUT2D eigenvalue weighted by molar-refractivity contribution is 7.14. The second kappa shape index (κ2) is 6.89. The highest BCUT2D eigenvalue weighted by Crippen LogP contribution is 2.15. The highest BCUT2D eigenvalue weighted by Gasteiger charge is 2.08. The van der Waals surface area contributed by atoms with E-state index in [1.54, 1.807) is 23.0 Å². The Morgan fingerprint density at radius 1 is 1.55 bits per heavy atom. The van der Waals surface area contributed by atoms with Crippen molar-refractivity contribution in [3.05, 3.63) is 39.8 Å². The zero-order chi connectivity index (χ0) is 14.4. The number of thiophene rings is 1. The van der Waals surface area contributed by atoms with Crippen LogP contribution in [0.1, 0.15) is 20.1 Å². The van der Waals surface area contributed by atoms with Crippen molar-refractivity contribution in [2.45, 2.75) is 6.42 Å². The highest BCUT2D eigenvalue weighted by atomic mass is 32.1. The van der Waals surface area contributed by atoms with Crippen LogP contribution in [0.25, 0.3) is 0 Å². The molecule has 0 bridgehead atoms. The van der Waals surface area contributed by atoms with Crippen LogP contribution in [0.2, 0.25) is 0 Å². The van der Waals surface area contributed by atoms with Gasteiger partial charge in [0.05, 0.1) is 16.0 Å². The Kier molecular flexibility index (Phi) is 4.93. The van der Waals surface area contributed by atoms with Crippen molar-refractivity contribution in [1.82, 2.24) is 15.1 Å². The van der Waals surface area contributed by atoms with Gasteiger partial charge >= 0.3 is 0 Å². The summed E-state index contributed by atoms with van der Waals surface area (Å²) >= 11 is 1.32. The first-order valence-corrected chi connectivity index (χ1v) is 6.96. The van der Waals surface area contributed by atoms with Gasteiger partial charge in [-0.25, -0.2) is 0 Å². The Balaban J connectivity index is 1.84. The molecule has 2 rings (SSSR count). The maximum absolute atomic E-state index is 11.9. The van der Waals surface area contributed by atoms with E-state index in [1.807, 2.05) is 13.2 Å². The van der Waals surface area contributed by atoms with Crippen LogP contribution in [0, 0.1) is 11.8 Å². The molecule has 2 aromatic rings. The molecular formula is C14H15N3O2S. The smallest absolute Gasteiger partial charge is 0.261 e. The summed E-state index contributed by atoms with van der Waals surface area (Å²) in [6.07, 6.45) is 4.47. The van der Waals surface area contributed by atoms with Crippen LogP contribution >= 0.6 is 11.3 Å². The summed E-state index contributed by atoms with van der Waals surface area (Å²) in [7, 11) is 1.86. The lowest BCUT2D eigenvalue weighted by Crippen LogP contribution is -2.24.